The minimum absolute atomic E-state index is 1.07. The van der Waals surface area contributed by atoms with E-state index < -0.39 is 0 Å². The fraction of sp³-hybridized carbons (Fsp3) is 0.273. The second-order valence-corrected chi connectivity index (χ2v) is 5.42. The number of hydrogen-bond acceptors (Lipinski definition) is 0. The monoisotopic (exact) mass is 288 g/mol. The van der Waals surface area contributed by atoms with Crippen molar-refractivity contribution >= 4 is 0 Å². The minimum atomic E-state index is 1.07. The fourth-order valence-corrected chi connectivity index (χ4v) is 2.26. The maximum absolute atomic E-state index is 3.24. The maximum Gasteiger partial charge on any atom is 0.0249 e. The molecule has 2 aromatic rings. The highest BCUT2D eigenvalue weighted by atomic mass is 14.0. The summed E-state index contributed by atoms with van der Waals surface area (Å²) in [5.74, 6) is 6.47. The molecular weight excluding hydrogens is 264 g/mol. The quantitative estimate of drug-likeness (QED) is 0.500. The highest BCUT2D eigenvalue weighted by Crippen LogP contribution is 2.08. The molecule has 2 rings (SSSR count). The Morgan fingerprint density at radius 2 is 1.27 bits per heavy atom. The van der Waals surface area contributed by atoms with Crippen LogP contribution in [-0.2, 0) is 12.8 Å². The van der Waals surface area contributed by atoms with Gasteiger partial charge in [0.2, 0.25) is 0 Å². The number of rotatable bonds is 5. The van der Waals surface area contributed by atoms with E-state index in [-0.39, 0.29) is 0 Å². The number of benzene rings is 2. The second-order valence-electron chi connectivity index (χ2n) is 5.42. The van der Waals surface area contributed by atoms with Crippen molar-refractivity contribution < 1.29 is 0 Å². The van der Waals surface area contributed by atoms with Gasteiger partial charge in [-0.05, 0) is 61.1 Å². The first-order chi connectivity index (χ1) is 10.8. The summed E-state index contributed by atoms with van der Waals surface area (Å²) in [5.41, 5.74) is 4.88. The second kappa shape index (κ2) is 8.90. The fourth-order valence-electron chi connectivity index (χ4n) is 2.26. The Hall–Kier alpha value is -2.26. The average molecular weight is 288 g/mol. The largest absolute Gasteiger partial charge is 0.0888 e. The first-order valence-corrected chi connectivity index (χ1v) is 8.16. The first-order valence-electron chi connectivity index (χ1n) is 8.16. The summed E-state index contributed by atoms with van der Waals surface area (Å²) in [6, 6.07) is 17.1. The lowest BCUT2D eigenvalue weighted by Crippen LogP contribution is -1.84. The van der Waals surface area contributed by atoms with Crippen molar-refractivity contribution in [2.24, 2.45) is 0 Å². The molecule has 0 saturated heterocycles. The highest BCUT2D eigenvalue weighted by molar-refractivity contribution is 5.44. The third-order valence-electron chi connectivity index (χ3n) is 3.67. The van der Waals surface area contributed by atoms with Crippen molar-refractivity contribution in [3.05, 3.63) is 82.9 Å². The zero-order valence-electron chi connectivity index (χ0n) is 13.6. The van der Waals surface area contributed by atoms with E-state index in [1.54, 1.807) is 0 Å². The van der Waals surface area contributed by atoms with Crippen LogP contribution in [0, 0.1) is 11.8 Å². The molecule has 0 aliphatic rings. The summed E-state index contributed by atoms with van der Waals surface area (Å²) in [7, 11) is 0. The maximum atomic E-state index is 3.24. The Labute approximate surface area is 134 Å². The van der Waals surface area contributed by atoms with Crippen molar-refractivity contribution in [2.75, 3.05) is 0 Å². The van der Waals surface area contributed by atoms with E-state index in [1.807, 2.05) is 0 Å². The summed E-state index contributed by atoms with van der Waals surface area (Å²) in [5, 5.41) is 0. The lowest BCUT2D eigenvalue weighted by atomic mass is 10.1. The molecule has 0 fully saturated rings. The molecule has 112 valence electrons. The molecule has 0 heterocycles. The molecule has 0 amide bonds. The van der Waals surface area contributed by atoms with Gasteiger partial charge in [-0.1, -0.05) is 62.1 Å². The van der Waals surface area contributed by atoms with Crippen LogP contribution < -0.4 is 0 Å². The lowest BCUT2D eigenvalue weighted by molar-refractivity contribution is 0.992. The van der Waals surface area contributed by atoms with Crippen molar-refractivity contribution in [3.8, 4) is 11.8 Å². The van der Waals surface area contributed by atoms with Crippen molar-refractivity contribution in [2.45, 2.75) is 39.5 Å². The van der Waals surface area contributed by atoms with E-state index in [0.29, 0.717) is 0 Å². The van der Waals surface area contributed by atoms with Crippen LogP contribution in [0.4, 0.5) is 0 Å². The highest BCUT2D eigenvalue weighted by Gasteiger charge is 1.93. The van der Waals surface area contributed by atoms with Gasteiger partial charge in [0.05, 0.1) is 0 Å². The topological polar surface area (TPSA) is 0 Å². The molecule has 0 spiro atoms. The molecule has 0 N–H and O–H groups in total. The zero-order chi connectivity index (χ0) is 15.6. The predicted molar refractivity (Wildman–Crippen MR) is 96.0 cm³/mol. The van der Waals surface area contributed by atoms with E-state index >= 15 is 0 Å². The molecule has 0 heteroatoms. The van der Waals surface area contributed by atoms with E-state index in [9.17, 15) is 0 Å². The Kier molecular flexibility index (Phi) is 6.52. The van der Waals surface area contributed by atoms with Crippen LogP contribution in [-0.4, -0.2) is 0 Å². The van der Waals surface area contributed by atoms with Crippen LogP contribution in [0.25, 0.3) is 0 Å². The minimum Gasteiger partial charge on any atom is -0.0888 e. The van der Waals surface area contributed by atoms with Crippen LogP contribution in [0.3, 0.4) is 0 Å². The first kappa shape index (κ1) is 16.1. The Morgan fingerprint density at radius 3 is 1.77 bits per heavy atom. The van der Waals surface area contributed by atoms with Gasteiger partial charge in [0.25, 0.3) is 0 Å². The van der Waals surface area contributed by atoms with Gasteiger partial charge in [-0.3, -0.25) is 0 Å². The normalized spacial score (nSPS) is 10.5. The van der Waals surface area contributed by atoms with Gasteiger partial charge in [-0.15, -0.1) is 0 Å². The molecule has 2 aromatic carbocycles. The molecule has 0 nitrogen and oxygen atoms in total. The van der Waals surface area contributed by atoms with Gasteiger partial charge < -0.3 is 0 Å². The molecule has 0 bridgehead atoms. The van der Waals surface area contributed by atoms with Gasteiger partial charge in [-0.25, -0.2) is 0 Å². The molecular formula is C22H24. The van der Waals surface area contributed by atoms with Crippen molar-refractivity contribution in [1.82, 2.24) is 0 Å². The van der Waals surface area contributed by atoms with Gasteiger partial charge in [-0.2, -0.15) is 0 Å². The van der Waals surface area contributed by atoms with Crippen molar-refractivity contribution in [1.29, 1.82) is 0 Å². The summed E-state index contributed by atoms with van der Waals surface area (Å²) >= 11 is 0. The molecule has 0 aliphatic heterocycles. The predicted octanol–water partition coefficient (Wildman–Crippen LogP) is 5.55. The van der Waals surface area contributed by atoms with Crippen LogP contribution >= 0.6 is 0 Å². The SMILES string of the molecule is CCC=CCCc1ccc(C#Cc2ccc(CC)cc2)cc1. The molecule has 0 atom stereocenters. The number of hydrogen-bond donors (Lipinski definition) is 0. The molecule has 22 heavy (non-hydrogen) atoms. The van der Waals surface area contributed by atoms with Crippen LogP contribution in [0.1, 0.15) is 48.9 Å². The smallest absolute Gasteiger partial charge is 0.0249 e. The van der Waals surface area contributed by atoms with E-state index in [1.165, 1.54) is 11.1 Å². The Balaban J connectivity index is 1.96. The Bertz CT molecular complexity index is 646. The van der Waals surface area contributed by atoms with Crippen LogP contribution in [0.15, 0.2) is 60.7 Å². The van der Waals surface area contributed by atoms with Gasteiger partial charge in [0.1, 0.15) is 0 Å². The lowest BCUT2D eigenvalue weighted by Gasteiger charge is -1.98. The molecule has 0 radical (unpaired) electrons. The summed E-state index contributed by atoms with van der Waals surface area (Å²) < 4.78 is 0. The van der Waals surface area contributed by atoms with E-state index in [4.69, 9.17) is 0 Å². The third kappa shape index (κ3) is 5.26. The van der Waals surface area contributed by atoms with Crippen LogP contribution in [0.5, 0.6) is 0 Å². The molecule has 0 aliphatic carbocycles. The number of allylic oxidation sites excluding steroid dienone is 2. The summed E-state index contributed by atoms with van der Waals surface area (Å²) in [6.45, 7) is 4.33. The molecule has 0 unspecified atom stereocenters. The standard InChI is InChI=1S/C22H24/c1-3-5-6-7-8-20-13-15-22(16-14-20)18-17-21-11-9-19(4-2)10-12-21/h5-6,9-16H,3-4,7-8H2,1-2H3. The molecule has 0 aromatic heterocycles. The summed E-state index contributed by atoms with van der Waals surface area (Å²) in [4.78, 5) is 0. The zero-order valence-corrected chi connectivity index (χ0v) is 13.6. The molecule has 0 saturated carbocycles. The Morgan fingerprint density at radius 1 is 0.727 bits per heavy atom. The van der Waals surface area contributed by atoms with Crippen molar-refractivity contribution in [3.63, 3.8) is 0 Å². The average Bonchev–Trinajstić information content (AvgIpc) is 2.58. The summed E-state index contributed by atoms with van der Waals surface area (Å²) in [6.07, 6.45) is 8.89. The number of aryl methyl sites for hydroxylation is 2. The van der Waals surface area contributed by atoms with Gasteiger partial charge in [0.15, 0.2) is 0 Å². The van der Waals surface area contributed by atoms with E-state index in [2.05, 4.69) is 86.4 Å². The van der Waals surface area contributed by atoms with Gasteiger partial charge >= 0.3 is 0 Å². The van der Waals surface area contributed by atoms with Gasteiger partial charge in [0, 0.05) is 11.1 Å². The van der Waals surface area contributed by atoms with E-state index in [0.717, 1.165) is 36.8 Å². The van der Waals surface area contributed by atoms with Crippen LogP contribution in [0.2, 0.25) is 0 Å². The third-order valence-corrected chi connectivity index (χ3v) is 3.67.